The topological polar surface area (TPSA) is 75.0 Å². The number of aromatic amines is 1. The van der Waals surface area contributed by atoms with Crippen LogP contribution in [0.3, 0.4) is 0 Å². The summed E-state index contributed by atoms with van der Waals surface area (Å²) in [5.41, 5.74) is 5.81. The second kappa shape index (κ2) is 4.48. The van der Waals surface area contributed by atoms with Crippen LogP contribution in [0.25, 0.3) is 0 Å². The van der Waals surface area contributed by atoms with E-state index in [1.165, 1.54) is 6.33 Å². The number of H-pyrrole nitrogens is 1. The molecule has 0 spiro atoms. The van der Waals surface area contributed by atoms with Crippen molar-refractivity contribution in [1.82, 2.24) is 9.97 Å². The first-order valence-corrected chi connectivity index (χ1v) is 6.00. The highest BCUT2D eigenvalue weighted by atomic mass is 127. The van der Waals surface area contributed by atoms with Crippen molar-refractivity contribution in [3.05, 3.63) is 20.3 Å². The van der Waals surface area contributed by atoms with Crippen LogP contribution in [0.15, 0.2) is 11.1 Å². The van der Waals surface area contributed by atoms with E-state index >= 15 is 0 Å². The van der Waals surface area contributed by atoms with Crippen LogP contribution >= 0.6 is 22.6 Å². The van der Waals surface area contributed by atoms with Crippen molar-refractivity contribution < 1.29 is 0 Å². The van der Waals surface area contributed by atoms with Crippen LogP contribution in [0.5, 0.6) is 0 Å². The maximum atomic E-state index is 11.4. The van der Waals surface area contributed by atoms with Gasteiger partial charge in [-0.05, 0) is 35.4 Å². The van der Waals surface area contributed by atoms with E-state index in [9.17, 15) is 4.79 Å². The molecule has 5 nitrogen and oxygen atoms in total. The van der Waals surface area contributed by atoms with Crippen LogP contribution in [-0.2, 0) is 0 Å². The lowest BCUT2D eigenvalue weighted by atomic mass is 10.1. The molecule has 1 atom stereocenters. The van der Waals surface area contributed by atoms with E-state index in [-0.39, 0.29) is 11.6 Å². The predicted molar refractivity (Wildman–Crippen MR) is 67.0 cm³/mol. The molecular weight excluding hydrogens is 307 g/mol. The fraction of sp³-hybridized carbons (Fsp3) is 0.556. The number of hydrogen-bond acceptors (Lipinski definition) is 4. The Bertz CT molecular complexity index is 405. The number of anilines is 1. The molecule has 0 saturated carbocycles. The molecule has 0 bridgehead atoms. The van der Waals surface area contributed by atoms with Crippen molar-refractivity contribution in [3.63, 3.8) is 0 Å². The summed E-state index contributed by atoms with van der Waals surface area (Å²) in [4.78, 5) is 20.3. The van der Waals surface area contributed by atoms with Crippen LogP contribution < -0.4 is 16.2 Å². The molecule has 2 heterocycles. The molecule has 1 fully saturated rings. The molecule has 82 valence electrons. The molecular formula is C9H13IN4O. The van der Waals surface area contributed by atoms with Gasteiger partial charge >= 0.3 is 0 Å². The Morgan fingerprint density at radius 1 is 1.67 bits per heavy atom. The Labute approximate surface area is 101 Å². The van der Waals surface area contributed by atoms with Crippen LogP contribution in [0.1, 0.15) is 12.8 Å². The summed E-state index contributed by atoms with van der Waals surface area (Å²) < 4.78 is 0.643. The average molecular weight is 320 g/mol. The van der Waals surface area contributed by atoms with E-state index in [1.807, 2.05) is 22.6 Å². The van der Waals surface area contributed by atoms with Crippen LogP contribution in [0.2, 0.25) is 0 Å². The summed E-state index contributed by atoms with van der Waals surface area (Å²) in [6.45, 7) is 1.71. The zero-order valence-corrected chi connectivity index (χ0v) is 10.4. The van der Waals surface area contributed by atoms with Crippen molar-refractivity contribution >= 4 is 28.4 Å². The average Bonchev–Trinajstić information content (AvgIpc) is 2.22. The number of nitrogens with two attached hydrogens (primary N) is 1. The second-order valence-electron chi connectivity index (χ2n) is 3.72. The Morgan fingerprint density at radius 3 is 3.20 bits per heavy atom. The van der Waals surface area contributed by atoms with Gasteiger partial charge < -0.3 is 15.6 Å². The maximum Gasteiger partial charge on any atom is 0.266 e. The number of nitrogens with zero attached hydrogens (tertiary/aromatic N) is 2. The monoisotopic (exact) mass is 320 g/mol. The minimum atomic E-state index is -0.0836. The highest BCUT2D eigenvalue weighted by Crippen LogP contribution is 2.19. The predicted octanol–water partition coefficient (Wildman–Crippen LogP) is 0.302. The van der Waals surface area contributed by atoms with Gasteiger partial charge in [-0.1, -0.05) is 0 Å². The summed E-state index contributed by atoms with van der Waals surface area (Å²) in [5, 5.41) is 0. The van der Waals surface area contributed by atoms with E-state index in [0.29, 0.717) is 3.57 Å². The first kappa shape index (κ1) is 10.9. The number of hydrogen-bond donors (Lipinski definition) is 2. The minimum Gasteiger partial charge on any atom is -0.354 e. The zero-order valence-electron chi connectivity index (χ0n) is 8.24. The van der Waals surface area contributed by atoms with Gasteiger partial charge in [0.15, 0.2) is 0 Å². The first-order valence-electron chi connectivity index (χ1n) is 4.92. The molecule has 1 saturated heterocycles. The molecule has 3 N–H and O–H groups in total. The van der Waals surface area contributed by atoms with E-state index in [0.717, 1.165) is 31.7 Å². The van der Waals surface area contributed by atoms with Gasteiger partial charge in [0.25, 0.3) is 5.56 Å². The normalized spacial score (nSPS) is 21.7. The van der Waals surface area contributed by atoms with E-state index in [2.05, 4.69) is 14.9 Å². The quantitative estimate of drug-likeness (QED) is 0.730. The molecule has 1 aromatic rings. The minimum absolute atomic E-state index is 0.0836. The van der Waals surface area contributed by atoms with Gasteiger partial charge in [0.1, 0.15) is 9.39 Å². The summed E-state index contributed by atoms with van der Waals surface area (Å²) in [5.74, 6) is 0.759. The third-order valence-electron chi connectivity index (χ3n) is 2.54. The zero-order chi connectivity index (χ0) is 10.8. The van der Waals surface area contributed by atoms with Crippen molar-refractivity contribution in [2.75, 3.05) is 18.0 Å². The van der Waals surface area contributed by atoms with Gasteiger partial charge in [0.2, 0.25) is 0 Å². The molecule has 1 aliphatic rings. The molecule has 1 aliphatic heterocycles. The Balaban J connectivity index is 2.28. The molecule has 15 heavy (non-hydrogen) atoms. The van der Waals surface area contributed by atoms with Crippen molar-refractivity contribution in [2.45, 2.75) is 18.9 Å². The van der Waals surface area contributed by atoms with Gasteiger partial charge in [-0.15, -0.1) is 0 Å². The second-order valence-corrected chi connectivity index (χ2v) is 4.80. The van der Waals surface area contributed by atoms with Gasteiger partial charge in [-0.25, -0.2) is 4.98 Å². The number of piperidine rings is 1. The van der Waals surface area contributed by atoms with Crippen molar-refractivity contribution in [1.29, 1.82) is 0 Å². The molecule has 0 aliphatic carbocycles. The van der Waals surface area contributed by atoms with Crippen LogP contribution in [0.4, 0.5) is 5.82 Å². The molecule has 0 amide bonds. The Kier molecular flexibility index (Phi) is 3.25. The first-order chi connectivity index (χ1) is 7.18. The lowest BCUT2D eigenvalue weighted by molar-refractivity contribution is 0.502. The number of rotatable bonds is 1. The standard InChI is InChI=1S/C9H13IN4O/c10-7-8(12-5-13-9(7)15)14-3-1-2-6(11)4-14/h5-6H,1-4,11H2,(H,12,13,15)/t6-/m1/s1. The van der Waals surface area contributed by atoms with Crippen LogP contribution in [-0.4, -0.2) is 29.1 Å². The van der Waals surface area contributed by atoms with Crippen molar-refractivity contribution in [2.24, 2.45) is 5.73 Å². The Hall–Kier alpha value is -0.630. The number of halogens is 1. The molecule has 0 unspecified atom stereocenters. The number of aromatic nitrogens is 2. The molecule has 2 rings (SSSR count). The van der Waals surface area contributed by atoms with Gasteiger partial charge in [-0.2, -0.15) is 0 Å². The highest BCUT2D eigenvalue weighted by Gasteiger charge is 2.20. The molecule has 1 aromatic heterocycles. The van der Waals surface area contributed by atoms with E-state index < -0.39 is 0 Å². The smallest absolute Gasteiger partial charge is 0.266 e. The molecule has 0 radical (unpaired) electrons. The number of nitrogens with one attached hydrogen (secondary N) is 1. The molecule has 0 aromatic carbocycles. The maximum absolute atomic E-state index is 11.4. The summed E-state index contributed by atoms with van der Waals surface area (Å²) in [7, 11) is 0. The van der Waals surface area contributed by atoms with Crippen molar-refractivity contribution in [3.8, 4) is 0 Å². The van der Waals surface area contributed by atoms with Gasteiger partial charge in [0, 0.05) is 19.1 Å². The summed E-state index contributed by atoms with van der Waals surface area (Å²) in [6.07, 6.45) is 3.56. The largest absolute Gasteiger partial charge is 0.354 e. The fourth-order valence-electron chi connectivity index (χ4n) is 1.80. The third kappa shape index (κ3) is 2.31. The fourth-order valence-corrected chi connectivity index (χ4v) is 2.43. The third-order valence-corrected chi connectivity index (χ3v) is 3.51. The van der Waals surface area contributed by atoms with E-state index in [1.54, 1.807) is 0 Å². The lowest BCUT2D eigenvalue weighted by Gasteiger charge is -2.31. The SMILES string of the molecule is N[C@@H]1CCCN(c2nc[nH]c(=O)c2I)C1. The molecule has 6 heteroatoms. The highest BCUT2D eigenvalue weighted by molar-refractivity contribution is 14.1. The van der Waals surface area contributed by atoms with E-state index in [4.69, 9.17) is 5.73 Å². The Morgan fingerprint density at radius 2 is 2.47 bits per heavy atom. The lowest BCUT2D eigenvalue weighted by Crippen LogP contribution is -2.44. The van der Waals surface area contributed by atoms with Crippen LogP contribution in [0, 0.1) is 3.57 Å². The van der Waals surface area contributed by atoms with Gasteiger partial charge in [-0.3, -0.25) is 4.79 Å². The summed E-state index contributed by atoms with van der Waals surface area (Å²) >= 11 is 2.03. The summed E-state index contributed by atoms with van der Waals surface area (Å²) in [6, 6.07) is 0.190. The van der Waals surface area contributed by atoms with Gasteiger partial charge in [0.05, 0.1) is 6.33 Å².